The summed E-state index contributed by atoms with van der Waals surface area (Å²) in [7, 11) is 0. The van der Waals surface area contributed by atoms with E-state index in [4.69, 9.17) is 4.52 Å². The number of aliphatic imine (C=N–C) groups is 1. The van der Waals surface area contributed by atoms with Crippen molar-refractivity contribution in [3.8, 4) is 0 Å². The van der Waals surface area contributed by atoms with Gasteiger partial charge in [0.25, 0.3) is 5.88 Å². The monoisotopic (exact) mass is 214 g/mol. The van der Waals surface area contributed by atoms with Gasteiger partial charge in [-0.25, -0.2) is 4.79 Å². The summed E-state index contributed by atoms with van der Waals surface area (Å²) < 4.78 is 4.81. The Hall–Kier alpha value is -2.19. The van der Waals surface area contributed by atoms with E-state index < -0.39 is 0 Å². The molecule has 0 saturated carbocycles. The van der Waals surface area contributed by atoms with Crippen molar-refractivity contribution in [3.05, 3.63) is 47.7 Å². The highest BCUT2D eigenvalue weighted by molar-refractivity contribution is 5.42. The molecule has 0 aliphatic rings. The molecule has 1 aromatic carbocycles. The van der Waals surface area contributed by atoms with Crippen LogP contribution in [0.1, 0.15) is 11.3 Å². The van der Waals surface area contributed by atoms with Gasteiger partial charge in [-0.2, -0.15) is 0 Å². The first-order valence-corrected chi connectivity index (χ1v) is 4.96. The molecule has 0 amide bonds. The lowest BCUT2D eigenvalue weighted by Gasteiger charge is -1.96. The van der Waals surface area contributed by atoms with Crippen molar-refractivity contribution < 1.29 is 9.32 Å². The van der Waals surface area contributed by atoms with E-state index in [0.29, 0.717) is 0 Å². The predicted molar refractivity (Wildman–Crippen MR) is 58.1 cm³/mol. The number of nitrogens with zero attached hydrogens (tertiary/aromatic N) is 2. The maximum Gasteiger partial charge on any atom is 0.261 e. The average Bonchev–Trinajstić information content (AvgIpc) is 2.76. The van der Waals surface area contributed by atoms with Crippen LogP contribution in [0, 0.1) is 0 Å². The molecule has 0 N–H and O–H groups in total. The van der Waals surface area contributed by atoms with E-state index in [0.717, 1.165) is 18.5 Å². The summed E-state index contributed by atoms with van der Waals surface area (Å²) in [5.41, 5.74) is 2.03. The molecular weight excluding hydrogens is 204 g/mol. The molecule has 4 heteroatoms. The highest BCUT2D eigenvalue weighted by Gasteiger charge is 2.02. The molecule has 0 atom stereocenters. The van der Waals surface area contributed by atoms with Gasteiger partial charge in [-0.3, -0.25) is 0 Å². The molecule has 1 heterocycles. The Morgan fingerprint density at radius 2 is 2.06 bits per heavy atom. The Balaban J connectivity index is 1.97. The molecule has 0 unspecified atom stereocenters. The van der Waals surface area contributed by atoms with Crippen LogP contribution in [0.25, 0.3) is 0 Å². The summed E-state index contributed by atoms with van der Waals surface area (Å²) in [6, 6.07) is 11.7. The first-order valence-electron chi connectivity index (χ1n) is 4.96. The van der Waals surface area contributed by atoms with E-state index in [9.17, 15) is 4.79 Å². The van der Waals surface area contributed by atoms with Crippen LogP contribution in [0.2, 0.25) is 0 Å². The number of hydrogen-bond acceptors (Lipinski definition) is 4. The van der Waals surface area contributed by atoms with Crippen molar-refractivity contribution in [2.45, 2.75) is 12.8 Å². The third-order valence-corrected chi connectivity index (χ3v) is 2.21. The smallest absolute Gasteiger partial charge is 0.261 e. The Morgan fingerprint density at radius 1 is 1.25 bits per heavy atom. The standard InChI is InChI=1S/C12H10N2O2/c15-9-13-12-8-11(14-16-12)7-6-10-4-2-1-3-5-10/h1-5,8H,6-7H2. The van der Waals surface area contributed by atoms with Gasteiger partial charge >= 0.3 is 0 Å². The van der Waals surface area contributed by atoms with E-state index in [1.54, 1.807) is 6.07 Å². The fourth-order valence-electron chi connectivity index (χ4n) is 1.43. The summed E-state index contributed by atoms with van der Waals surface area (Å²) >= 11 is 0. The average molecular weight is 214 g/mol. The first-order chi connectivity index (χ1) is 7.88. The van der Waals surface area contributed by atoms with Crippen LogP contribution >= 0.6 is 0 Å². The van der Waals surface area contributed by atoms with Gasteiger partial charge in [0, 0.05) is 6.07 Å². The minimum absolute atomic E-state index is 0.207. The van der Waals surface area contributed by atoms with Crippen LogP contribution in [-0.4, -0.2) is 11.2 Å². The SMILES string of the molecule is O=C=Nc1cc(CCc2ccccc2)no1. The third kappa shape index (κ3) is 2.65. The Morgan fingerprint density at radius 3 is 2.81 bits per heavy atom. The van der Waals surface area contributed by atoms with Gasteiger partial charge in [0.15, 0.2) is 0 Å². The van der Waals surface area contributed by atoms with Gasteiger partial charge in [-0.15, -0.1) is 4.99 Å². The minimum atomic E-state index is 0.207. The quantitative estimate of drug-likeness (QED) is 0.580. The summed E-state index contributed by atoms with van der Waals surface area (Å²) in [5.74, 6) is 0.207. The Kier molecular flexibility index (Phi) is 3.26. The summed E-state index contributed by atoms with van der Waals surface area (Å²) in [6.45, 7) is 0. The Labute approximate surface area is 92.6 Å². The van der Waals surface area contributed by atoms with Gasteiger partial charge in [0.2, 0.25) is 6.08 Å². The second-order valence-electron chi connectivity index (χ2n) is 3.35. The lowest BCUT2D eigenvalue weighted by molar-refractivity contribution is 0.421. The zero-order valence-electron chi connectivity index (χ0n) is 8.59. The molecule has 0 aliphatic heterocycles. The van der Waals surface area contributed by atoms with Crippen molar-refractivity contribution >= 4 is 12.0 Å². The fourth-order valence-corrected chi connectivity index (χ4v) is 1.43. The number of aromatic nitrogens is 1. The Bertz CT molecular complexity index is 499. The molecule has 0 saturated heterocycles. The molecule has 0 spiro atoms. The minimum Gasteiger partial charge on any atom is -0.335 e. The van der Waals surface area contributed by atoms with Gasteiger partial charge in [-0.05, 0) is 18.4 Å². The maximum absolute atomic E-state index is 9.98. The summed E-state index contributed by atoms with van der Waals surface area (Å²) in [5, 5.41) is 3.80. The highest BCUT2D eigenvalue weighted by atomic mass is 16.5. The van der Waals surface area contributed by atoms with Gasteiger partial charge < -0.3 is 4.52 Å². The van der Waals surface area contributed by atoms with Crippen LogP contribution in [0.4, 0.5) is 5.88 Å². The summed E-state index contributed by atoms with van der Waals surface area (Å²) in [6.07, 6.45) is 3.06. The second-order valence-corrected chi connectivity index (χ2v) is 3.35. The molecule has 1 aromatic heterocycles. The molecule has 2 rings (SSSR count). The molecule has 80 valence electrons. The van der Waals surface area contributed by atoms with Gasteiger partial charge in [-0.1, -0.05) is 35.5 Å². The van der Waals surface area contributed by atoms with Crippen molar-refractivity contribution in [1.82, 2.24) is 5.16 Å². The topological polar surface area (TPSA) is 55.5 Å². The van der Waals surface area contributed by atoms with Crippen molar-refractivity contribution in [2.75, 3.05) is 0 Å². The lowest BCUT2D eigenvalue weighted by atomic mass is 10.1. The van der Waals surface area contributed by atoms with E-state index in [2.05, 4.69) is 22.3 Å². The number of benzene rings is 1. The number of carbonyl (C=O) groups excluding carboxylic acids is 1. The van der Waals surface area contributed by atoms with Crippen LogP contribution in [0.5, 0.6) is 0 Å². The maximum atomic E-state index is 9.98. The van der Waals surface area contributed by atoms with E-state index in [-0.39, 0.29) is 5.88 Å². The van der Waals surface area contributed by atoms with Crippen molar-refractivity contribution in [3.63, 3.8) is 0 Å². The zero-order valence-corrected chi connectivity index (χ0v) is 8.59. The molecule has 4 nitrogen and oxygen atoms in total. The third-order valence-electron chi connectivity index (χ3n) is 2.21. The fraction of sp³-hybridized carbons (Fsp3) is 0.167. The molecule has 0 radical (unpaired) electrons. The predicted octanol–water partition coefficient (Wildman–Crippen LogP) is 2.43. The number of rotatable bonds is 4. The summed E-state index contributed by atoms with van der Waals surface area (Å²) in [4.78, 5) is 13.3. The van der Waals surface area contributed by atoms with E-state index >= 15 is 0 Å². The van der Waals surface area contributed by atoms with Crippen LogP contribution in [0.3, 0.4) is 0 Å². The zero-order chi connectivity index (χ0) is 11.2. The highest BCUT2D eigenvalue weighted by Crippen LogP contribution is 2.14. The first kappa shape index (κ1) is 10.3. The second kappa shape index (κ2) is 5.05. The molecular formula is C12H10N2O2. The van der Waals surface area contributed by atoms with Crippen LogP contribution in [0.15, 0.2) is 45.9 Å². The van der Waals surface area contributed by atoms with E-state index in [1.165, 1.54) is 11.6 Å². The number of aryl methyl sites for hydroxylation is 2. The van der Waals surface area contributed by atoms with Gasteiger partial charge in [0.1, 0.15) is 0 Å². The molecule has 0 bridgehead atoms. The van der Waals surface area contributed by atoms with Crippen LogP contribution in [-0.2, 0) is 17.6 Å². The normalized spacial score (nSPS) is 9.75. The van der Waals surface area contributed by atoms with E-state index in [1.807, 2.05) is 18.2 Å². The molecule has 0 aliphatic carbocycles. The van der Waals surface area contributed by atoms with Crippen molar-refractivity contribution in [1.29, 1.82) is 0 Å². The molecule has 2 aromatic rings. The largest absolute Gasteiger partial charge is 0.335 e. The number of isocyanates is 1. The lowest BCUT2D eigenvalue weighted by Crippen LogP contribution is -1.90. The molecule has 0 fully saturated rings. The number of hydrogen-bond donors (Lipinski definition) is 0. The molecule has 16 heavy (non-hydrogen) atoms. The van der Waals surface area contributed by atoms with Crippen LogP contribution < -0.4 is 0 Å². The van der Waals surface area contributed by atoms with Crippen molar-refractivity contribution in [2.24, 2.45) is 4.99 Å². The van der Waals surface area contributed by atoms with Gasteiger partial charge in [0.05, 0.1) is 5.69 Å².